The van der Waals surface area contributed by atoms with E-state index in [9.17, 15) is 4.39 Å². The summed E-state index contributed by atoms with van der Waals surface area (Å²) in [6, 6.07) is 0. The molecule has 1 heterocycles. The lowest BCUT2D eigenvalue weighted by atomic mass is 10.00. The highest BCUT2D eigenvalue weighted by molar-refractivity contribution is 4.74. The van der Waals surface area contributed by atoms with E-state index < -0.39 is 6.17 Å². The second kappa shape index (κ2) is 3.13. The van der Waals surface area contributed by atoms with Crippen LogP contribution in [0.4, 0.5) is 4.39 Å². The summed E-state index contributed by atoms with van der Waals surface area (Å²) in [7, 11) is 0. The Morgan fingerprint density at radius 2 is 2.33 bits per heavy atom. The Morgan fingerprint density at radius 3 is 2.78 bits per heavy atom. The molecule has 0 amide bonds. The standard InChI is InChI=1S/C6H12FNO/c7-6-1-5(4-9)2-8-3-6/h5-6,8-9H,1-4H2. The fraction of sp³-hybridized carbons (Fsp3) is 1.00. The van der Waals surface area contributed by atoms with Crippen LogP contribution in [0.25, 0.3) is 0 Å². The third kappa shape index (κ3) is 1.91. The maximum absolute atomic E-state index is 12.4. The van der Waals surface area contributed by atoms with E-state index in [1.165, 1.54) is 0 Å². The van der Waals surface area contributed by atoms with E-state index in [0.717, 1.165) is 6.54 Å². The first-order chi connectivity index (χ1) is 4.33. The average Bonchev–Trinajstić information content (AvgIpc) is 1.88. The minimum atomic E-state index is -0.754. The molecule has 1 rings (SSSR count). The highest BCUT2D eigenvalue weighted by atomic mass is 19.1. The van der Waals surface area contributed by atoms with Gasteiger partial charge in [-0.25, -0.2) is 4.39 Å². The fourth-order valence-electron chi connectivity index (χ4n) is 1.11. The van der Waals surface area contributed by atoms with Crippen LogP contribution in [0.3, 0.4) is 0 Å². The van der Waals surface area contributed by atoms with Gasteiger partial charge in [0.05, 0.1) is 0 Å². The molecule has 2 unspecified atom stereocenters. The molecule has 3 heteroatoms. The van der Waals surface area contributed by atoms with Gasteiger partial charge < -0.3 is 10.4 Å². The molecule has 0 saturated carbocycles. The summed E-state index contributed by atoms with van der Waals surface area (Å²) < 4.78 is 12.4. The van der Waals surface area contributed by atoms with Gasteiger partial charge in [0.1, 0.15) is 6.17 Å². The molecule has 9 heavy (non-hydrogen) atoms. The number of hydrogen-bond acceptors (Lipinski definition) is 2. The predicted octanol–water partition coefficient (Wildman–Crippen LogP) is -0.0737. The van der Waals surface area contributed by atoms with E-state index >= 15 is 0 Å². The maximum atomic E-state index is 12.4. The number of hydrogen-bond donors (Lipinski definition) is 2. The minimum absolute atomic E-state index is 0.105. The van der Waals surface area contributed by atoms with Gasteiger partial charge in [0.2, 0.25) is 0 Å². The molecule has 0 spiro atoms. The van der Waals surface area contributed by atoms with Crippen molar-refractivity contribution in [3.63, 3.8) is 0 Å². The van der Waals surface area contributed by atoms with Gasteiger partial charge in [0.25, 0.3) is 0 Å². The molecule has 0 aromatic rings. The molecule has 0 aromatic heterocycles. The van der Waals surface area contributed by atoms with Gasteiger partial charge in [-0.2, -0.15) is 0 Å². The monoisotopic (exact) mass is 133 g/mol. The smallest absolute Gasteiger partial charge is 0.113 e. The van der Waals surface area contributed by atoms with Gasteiger partial charge in [-0.05, 0) is 12.3 Å². The first-order valence-corrected chi connectivity index (χ1v) is 3.28. The van der Waals surface area contributed by atoms with E-state index in [2.05, 4.69) is 5.32 Å². The number of alkyl halides is 1. The lowest BCUT2D eigenvalue weighted by molar-refractivity contribution is 0.148. The van der Waals surface area contributed by atoms with Gasteiger partial charge in [0, 0.05) is 19.7 Å². The Hall–Kier alpha value is -0.150. The number of halogens is 1. The van der Waals surface area contributed by atoms with E-state index in [1.54, 1.807) is 0 Å². The zero-order chi connectivity index (χ0) is 6.69. The summed E-state index contributed by atoms with van der Waals surface area (Å²) in [4.78, 5) is 0. The van der Waals surface area contributed by atoms with Crippen molar-refractivity contribution in [1.82, 2.24) is 5.32 Å². The Balaban J connectivity index is 2.23. The normalized spacial score (nSPS) is 36.7. The summed E-state index contributed by atoms with van der Waals surface area (Å²) in [6.07, 6.45) is -0.236. The summed E-state index contributed by atoms with van der Waals surface area (Å²) in [5.41, 5.74) is 0. The summed E-state index contributed by atoms with van der Waals surface area (Å²) in [5, 5.41) is 11.5. The van der Waals surface area contributed by atoms with Crippen LogP contribution < -0.4 is 5.32 Å². The van der Waals surface area contributed by atoms with Crippen molar-refractivity contribution in [2.75, 3.05) is 19.7 Å². The minimum Gasteiger partial charge on any atom is -0.396 e. The van der Waals surface area contributed by atoms with Crippen molar-refractivity contribution in [2.45, 2.75) is 12.6 Å². The highest BCUT2D eigenvalue weighted by Gasteiger charge is 2.19. The van der Waals surface area contributed by atoms with Crippen molar-refractivity contribution in [1.29, 1.82) is 0 Å². The first-order valence-electron chi connectivity index (χ1n) is 3.28. The van der Waals surface area contributed by atoms with E-state index in [-0.39, 0.29) is 12.5 Å². The average molecular weight is 133 g/mol. The number of aliphatic hydroxyl groups excluding tert-OH is 1. The van der Waals surface area contributed by atoms with Crippen LogP contribution >= 0.6 is 0 Å². The third-order valence-corrected chi connectivity index (χ3v) is 1.65. The number of aliphatic hydroxyl groups is 1. The van der Waals surface area contributed by atoms with Crippen molar-refractivity contribution in [3.05, 3.63) is 0 Å². The van der Waals surface area contributed by atoms with Crippen molar-refractivity contribution in [2.24, 2.45) is 5.92 Å². The summed E-state index contributed by atoms with van der Waals surface area (Å²) in [6.45, 7) is 1.32. The molecule has 2 atom stereocenters. The number of nitrogens with one attached hydrogen (secondary N) is 1. The molecule has 0 bridgehead atoms. The van der Waals surface area contributed by atoms with Crippen LogP contribution in [-0.2, 0) is 0 Å². The number of piperidine rings is 1. The van der Waals surface area contributed by atoms with Crippen LogP contribution in [0.2, 0.25) is 0 Å². The first kappa shape index (κ1) is 6.96. The third-order valence-electron chi connectivity index (χ3n) is 1.65. The second-order valence-electron chi connectivity index (χ2n) is 2.54. The Labute approximate surface area is 54.1 Å². The van der Waals surface area contributed by atoms with Gasteiger partial charge in [0.15, 0.2) is 0 Å². The zero-order valence-corrected chi connectivity index (χ0v) is 5.31. The lowest BCUT2D eigenvalue weighted by Crippen LogP contribution is -2.38. The molecule has 2 nitrogen and oxygen atoms in total. The molecular weight excluding hydrogens is 121 g/mol. The SMILES string of the molecule is OCC1CNCC(F)C1. The molecule has 2 N–H and O–H groups in total. The lowest BCUT2D eigenvalue weighted by Gasteiger charge is -2.23. The molecule has 1 aliphatic heterocycles. The topological polar surface area (TPSA) is 32.3 Å². The van der Waals surface area contributed by atoms with Gasteiger partial charge in [-0.3, -0.25) is 0 Å². The molecule has 0 aliphatic carbocycles. The van der Waals surface area contributed by atoms with Gasteiger partial charge in [-0.1, -0.05) is 0 Å². The van der Waals surface area contributed by atoms with Crippen LogP contribution in [0.15, 0.2) is 0 Å². The van der Waals surface area contributed by atoms with Crippen LogP contribution in [-0.4, -0.2) is 31.0 Å². The molecule has 1 aliphatic rings. The van der Waals surface area contributed by atoms with Crippen LogP contribution in [0.5, 0.6) is 0 Å². The van der Waals surface area contributed by atoms with Gasteiger partial charge in [-0.15, -0.1) is 0 Å². The van der Waals surface area contributed by atoms with E-state index in [1.807, 2.05) is 0 Å². The van der Waals surface area contributed by atoms with Crippen LogP contribution in [0.1, 0.15) is 6.42 Å². The largest absolute Gasteiger partial charge is 0.396 e. The molecule has 1 saturated heterocycles. The Bertz CT molecular complexity index is 89.1. The molecule has 1 fully saturated rings. The zero-order valence-electron chi connectivity index (χ0n) is 5.31. The molecular formula is C6H12FNO. The van der Waals surface area contributed by atoms with Crippen molar-refractivity contribution < 1.29 is 9.50 Å². The Kier molecular flexibility index (Phi) is 2.42. The van der Waals surface area contributed by atoms with E-state index in [0.29, 0.717) is 13.0 Å². The molecule has 54 valence electrons. The van der Waals surface area contributed by atoms with Crippen molar-refractivity contribution >= 4 is 0 Å². The molecule has 0 radical (unpaired) electrons. The van der Waals surface area contributed by atoms with E-state index in [4.69, 9.17) is 5.11 Å². The summed E-state index contributed by atoms with van der Waals surface area (Å²) >= 11 is 0. The maximum Gasteiger partial charge on any atom is 0.113 e. The quantitative estimate of drug-likeness (QED) is 0.524. The summed E-state index contributed by atoms with van der Waals surface area (Å²) in [5.74, 6) is 0.133. The number of rotatable bonds is 1. The predicted molar refractivity (Wildman–Crippen MR) is 33.0 cm³/mol. The second-order valence-corrected chi connectivity index (χ2v) is 2.54. The Morgan fingerprint density at radius 1 is 1.56 bits per heavy atom. The molecule has 0 aromatic carbocycles. The van der Waals surface area contributed by atoms with Crippen LogP contribution in [0, 0.1) is 5.92 Å². The van der Waals surface area contributed by atoms with Crippen molar-refractivity contribution in [3.8, 4) is 0 Å². The fourth-order valence-corrected chi connectivity index (χ4v) is 1.11. The highest BCUT2D eigenvalue weighted by Crippen LogP contribution is 2.11. The van der Waals surface area contributed by atoms with Gasteiger partial charge >= 0.3 is 0 Å².